The molecule has 0 saturated heterocycles. The Labute approximate surface area is 97.8 Å². The van der Waals surface area contributed by atoms with Gasteiger partial charge in [0, 0.05) is 11.3 Å². The minimum atomic E-state index is -0.0732. The van der Waals surface area contributed by atoms with E-state index in [-0.39, 0.29) is 5.54 Å². The topological polar surface area (TPSA) is 34.9 Å². The minimum Gasteiger partial charge on any atom is -0.296 e. The molecular weight excluding hydrogens is 200 g/mol. The number of hydrogen-bond acceptors (Lipinski definition) is 2. The first-order valence-electron chi connectivity index (χ1n) is 5.81. The van der Waals surface area contributed by atoms with Crippen LogP contribution < -0.4 is 0 Å². The van der Waals surface area contributed by atoms with E-state index >= 15 is 0 Å². The second-order valence-electron chi connectivity index (χ2n) is 5.76. The Bertz CT molecular complexity index is 383. The normalized spacial score (nSPS) is 12.2. The molecule has 0 N–H and O–H groups in total. The van der Waals surface area contributed by atoms with Crippen molar-refractivity contribution in [3.63, 3.8) is 0 Å². The zero-order valence-corrected chi connectivity index (χ0v) is 11.2. The number of aromatic nitrogens is 2. The van der Waals surface area contributed by atoms with Crippen LogP contribution in [-0.2, 0) is 12.0 Å². The molecule has 0 bridgehead atoms. The predicted molar refractivity (Wildman–Crippen MR) is 65.9 cm³/mol. The first-order valence-corrected chi connectivity index (χ1v) is 5.81. The van der Waals surface area contributed by atoms with E-state index in [1.165, 1.54) is 5.69 Å². The molecule has 1 rings (SSSR count). The number of nitrogens with zero attached hydrogens (tertiary/aromatic N) is 2. The lowest BCUT2D eigenvalue weighted by molar-refractivity contribution is 0.111. The van der Waals surface area contributed by atoms with E-state index < -0.39 is 0 Å². The summed E-state index contributed by atoms with van der Waals surface area (Å²) in [4.78, 5) is 10.9. The quantitative estimate of drug-likeness (QED) is 0.737. The van der Waals surface area contributed by atoms with Crippen molar-refractivity contribution in [2.45, 2.75) is 53.5 Å². The van der Waals surface area contributed by atoms with Gasteiger partial charge in [-0.3, -0.25) is 9.48 Å². The third-order valence-corrected chi connectivity index (χ3v) is 2.63. The molecule has 0 atom stereocenters. The molecular formula is C13H22N2O. The van der Waals surface area contributed by atoms with Crippen LogP contribution >= 0.6 is 0 Å². The molecule has 0 aliphatic carbocycles. The molecule has 0 unspecified atom stereocenters. The molecule has 0 fully saturated rings. The van der Waals surface area contributed by atoms with Crippen LogP contribution in [0.25, 0.3) is 0 Å². The Morgan fingerprint density at radius 1 is 1.38 bits per heavy atom. The van der Waals surface area contributed by atoms with E-state index in [2.05, 4.69) is 39.7 Å². The average molecular weight is 222 g/mol. The lowest BCUT2D eigenvalue weighted by Gasteiger charge is -2.23. The Morgan fingerprint density at radius 3 is 2.31 bits per heavy atom. The first-order chi connectivity index (χ1) is 7.27. The molecule has 16 heavy (non-hydrogen) atoms. The number of hydrogen-bond donors (Lipinski definition) is 0. The third kappa shape index (κ3) is 2.52. The summed E-state index contributed by atoms with van der Waals surface area (Å²) in [5.41, 5.74) is 2.71. The van der Waals surface area contributed by atoms with Gasteiger partial charge in [-0.15, -0.1) is 0 Å². The summed E-state index contributed by atoms with van der Waals surface area (Å²) in [6.45, 7) is 12.7. The molecule has 3 heteroatoms. The fourth-order valence-electron chi connectivity index (χ4n) is 1.84. The lowest BCUT2D eigenvalue weighted by Crippen LogP contribution is -2.26. The Hall–Kier alpha value is -1.12. The highest BCUT2D eigenvalue weighted by Crippen LogP contribution is 2.23. The highest BCUT2D eigenvalue weighted by molar-refractivity contribution is 5.74. The van der Waals surface area contributed by atoms with E-state index in [4.69, 9.17) is 0 Å². The largest absolute Gasteiger partial charge is 0.296 e. The summed E-state index contributed by atoms with van der Waals surface area (Å²) < 4.78 is 1.99. The van der Waals surface area contributed by atoms with Gasteiger partial charge in [-0.1, -0.05) is 13.8 Å². The van der Waals surface area contributed by atoms with Crippen molar-refractivity contribution in [2.24, 2.45) is 5.92 Å². The van der Waals surface area contributed by atoms with Gasteiger partial charge in [-0.25, -0.2) is 0 Å². The maximum absolute atomic E-state index is 10.9. The molecule has 1 heterocycles. The van der Waals surface area contributed by atoms with Gasteiger partial charge in [-0.2, -0.15) is 5.10 Å². The van der Waals surface area contributed by atoms with Crippen molar-refractivity contribution in [1.82, 2.24) is 9.78 Å². The molecule has 1 aromatic heterocycles. The molecule has 0 saturated carbocycles. The van der Waals surface area contributed by atoms with Gasteiger partial charge < -0.3 is 0 Å². The molecule has 0 aliphatic heterocycles. The summed E-state index contributed by atoms with van der Waals surface area (Å²) >= 11 is 0. The summed E-state index contributed by atoms with van der Waals surface area (Å²) in [6, 6.07) is 0. The van der Waals surface area contributed by atoms with Crippen molar-refractivity contribution in [2.75, 3.05) is 0 Å². The van der Waals surface area contributed by atoms with Gasteiger partial charge in [0.25, 0.3) is 0 Å². The van der Waals surface area contributed by atoms with Gasteiger partial charge in [0.2, 0.25) is 0 Å². The second kappa shape index (κ2) is 4.40. The zero-order chi connectivity index (χ0) is 12.5. The van der Waals surface area contributed by atoms with Crippen LogP contribution in [0.3, 0.4) is 0 Å². The van der Waals surface area contributed by atoms with Crippen molar-refractivity contribution < 1.29 is 4.79 Å². The van der Waals surface area contributed by atoms with Crippen LogP contribution in [0.2, 0.25) is 0 Å². The molecule has 0 radical (unpaired) electrons. The Balaban J connectivity index is 3.30. The van der Waals surface area contributed by atoms with Gasteiger partial charge in [-0.05, 0) is 40.0 Å². The van der Waals surface area contributed by atoms with Crippen molar-refractivity contribution in [3.8, 4) is 0 Å². The van der Waals surface area contributed by atoms with E-state index in [0.29, 0.717) is 11.6 Å². The standard InChI is InChI=1S/C13H22N2O/c1-9(2)7-12-10(3)11(8-16)14-15(12)13(4,5)6/h8-9H,7H2,1-6H3. The summed E-state index contributed by atoms with van der Waals surface area (Å²) in [5.74, 6) is 0.566. The second-order valence-corrected chi connectivity index (χ2v) is 5.76. The molecule has 0 amide bonds. The van der Waals surface area contributed by atoms with Gasteiger partial charge in [0.15, 0.2) is 6.29 Å². The first kappa shape index (κ1) is 12.9. The summed E-state index contributed by atoms with van der Waals surface area (Å²) in [7, 11) is 0. The number of carbonyl (C=O) groups excluding carboxylic acids is 1. The Morgan fingerprint density at radius 2 is 1.94 bits per heavy atom. The molecule has 1 aromatic rings. The van der Waals surface area contributed by atoms with Crippen LogP contribution in [-0.4, -0.2) is 16.1 Å². The van der Waals surface area contributed by atoms with Crippen LogP contribution in [0.4, 0.5) is 0 Å². The van der Waals surface area contributed by atoms with E-state index in [1.54, 1.807) is 0 Å². The van der Waals surface area contributed by atoms with E-state index in [9.17, 15) is 4.79 Å². The van der Waals surface area contributed by atoms with Gasteiger partial charge in [0.1, 0.15) is 5.69 Å². The van der Waals surface area contributed by atoms with E-state index in [1.807, 2.05) is 11.6 Å². The molecule has 90 valence electrons. The maximum Gasteiger partial charge on any atom is 0.170 e. The number of aldehydes is 1. The molecule has 3 nitrogen and oxygen atoms in total. The van der Waals surface area contributed by atoms with Crippen molar-refractivity contribution in [1.29, 1.82) is 0 Å². The van der Waals surface area contributed by atoms with Crippen molar-refractivity contribution >= 4 is 6.29 Å². The van der Waals surface area contributed by atoms with Crippen LogP contribution in [0.1, 0.15) is 56.4 Å². The van der Waals surface area contributed by atoms with Crippen molar-refractivity contribution in [3.05, 3.63) is 17.0 Å². The van der Waals surface area contributed by atoms with Gasteiger partial charge >= 0.3 is 0 Å². The molecule has 0 aliphatic rings. The van der Waals surface area contributed by atoms with Crippen LogP contribution in [0, 0.1) is 12.8 Å². The summed E-state index contributed by atoms with van der Waals surface area (Å²) in [6.07, 6.45) is 1.81. The van der Waals surface area contributed by atoms with Crippen LogP contribution in [0.5, 0.6) is 0 Å². The monoisotopic (exact) mass is 222 g/mol. The highest BCUT2D eigenvalue weighted by atomic mass is 16.1. The lowest BCUT2D eigenvalue weighted by atomic mass is 10.0. The number of rotatable bonds is 3. The average Bonchev–Trinajstić information content (AvgIpc) is 2.42. The van der Waals surface area contributed by atoms with Gasteiger partial charge in [0.05, 0.1) is 5.54 Å². The fraction of sp³-hybridized carbons (Fsp3) is 0.692. The third-order valence-electron chi connectivity index (χ3n) is 2.63. The SMILES string of the molecule is Cc1c(C=O)nn(C(C)(C)C)c1CC(C)C. The minimum absolute atomic E-state index is 0.0732. The fourth-order valence-corrected chi connectivity index (χ4v) is 1.84. The zero-order valence-electron chi connectivity index (χ0n) is 11.2. The molecule has 0 aromatic carbocycles. The summed E-state index contributed by atoms with van der Waals surface area (Å²) in [5, 5.41) is 4.40. The number of carbonyl (C=O) groups is 1. The van der Waals surface area contributed by atoms with Crippen LogP contribution in [0.15, 0.2) is 0 Å². The smallest absolute Gasteiger partial charge is 0.170 e. The predicted octanol–water partition coefficient (Wildman–Crippen LogP) is 2.96. The van der Waals surface area contributed by atoms with E-state index in [0.717, 1.165) is 18.3 Å². The maximum atomic E-state index is 10.9. The highest BCUT2D eigenvalue weighted by Gasteiger charge is 2.22. The molecule has 0 spiro atoms. The Kier molecular flexibility index (Phi) is 3.56.